The highest BCUT2D eigenvalue weighted by Crippen LogP contribution is 2.45. The first kappa shape index (κ1) is 19.7. The van der Waals surface area contributed by atoms with Gasteiger partial charge in [0, 0.05) is 40.4 Å². The predicted octanol–water partition coefficient (Wildman–Crippen LogP) is 6.16. The van der Waals surface area contributed by atoms with Gasteiger partial charge in [0.25, 0.3) is 0 Å². The van der Waals surface area contributed by atoms with Crippen LogP contribution in [-0.4, -0.2) is 17.9 Å². The summed E-state index contributed by atoms with van der Waals surface area (Å²) >= 11 is 0. The van der Waals surface area contributed by atoms with Gasteiger partial charge in [-0.3, -0.25) is 4.79 Å². The fraction of sp³-hybridized carbons (Fsp3) is 0.179. The molecule has 0 fully saturated rings. The molecule has 1 aliphatic carbocycles. The molecule has 5 heteroatoms. The standard InChI is InChI=1S/C28H25N3O2/c1-33-19-12-10-17(11-13-19)18-14-25-27(26(32)15-18)28(31-24-9-5-4-8-23(24)30-25)21-16-29-22-7-3-2-6-20(21)22/h2-13,16,18,28-31H,14-15H2,1H3/t18-,28+/m0/s1. The number of ether oxygens (including phenoxy) is 1. The number of rotatable bonds is 3. The fourth-order valence-corrected chi connectivity index (χ4v) is 5.17. The van der Waals surface area contributed by atoms with E-state index in [4.69, 9.17) is 4.74 Å². The van der Waals surface area contributed by atoms with Gasteiger partial charge in [-0.15, -0.1) is 0 Å². The molecule has 164 valence electrons. The van der Waals surface area contributed by atoms with Gasteiger partial charge in [-0.1, -0.05) is 42.5 Å². The zero-order valence-corrected chi connectivity index (χ0v) is 18.4. The summed E-state index contributed by atoms with van der Waals surface area (Å²) in [6.07, 6.45) is 3.30. The normalized spacial score (nSPS) is 19.8. The quantitative estimate of drug-likeness (QED) is 0.361. The van der Waals surface area contributed by atoms with Crippen molar-refractivity contribution in [2.24, 2.45) is 0 Å². The second kappa shape index (κ2) is 7.85. The number of allylic oxidation sites excluding steroid dienone is 1. The molecule has 0 amide bonds. The first-order chi connectivity index (χ1) is 16.2. The monoisotopic (exact) mass is 435 g/mol. The highest BCUT2D eigenvalue weighted by molar-refractivity contribution is 6.02. The van der Waals surface area contributed by atoms with Crippen LogP contribution in [0.5, 0.6) is 5.75 Å². The second-order valence-electron chi connectivity index (χ2n) is 8.73. The molecule has 0 radical (unpaired) electrons. The van der Waals surface area contributed by atoms with Crippen LogP contribution in [0.2, 0.25) is 0 Å². The van der Waals surface area contributed by atoms with Gasteiger partial charge in [-0.25, -0.2) is 0 Å². The van der Waals surface area contributed by atoms with Crippen molar-refractivity contribution in [1.82, 2.24) is 4.98 Å². The summed E-state index contributed by atoms with van der Waals surface area (Å²) in [5.41, 5.74) is 7.15. The van der Waals surface area contributed by atoms with Gasteiger partial charge in [0.2, 0.25) is 0 Å². The molecule has 33 heavy (non-hydrogen) atoms. The molecule has 3 N–H and O–H groups in total. The Bertz CT molecular complexity index is 1380. The number of carbonyl (C=O) groups is 1. The molecule has 0 unspecified atom stereocenters. The highest BCUT2D eigenvalue weighted by atomic mass is 16.5. The van der Waals surface area contributed by atoms with Gasteiger partial charge < -0.3 is 20.4 Å². The molecule has 2 aliphatic rings. The number of nitrogens with one attached hydrogen (secondary N) is 3. The molecule has 3 aromatic carbocycles. The lowest BCUT2D eigenvalue weighted by molar-refractivity contribution is -0.116. The molecule has 4 aromatic rings. The van der Waals surface area contributed by atoms with Gasteiger partial charge in [-0.2, -0.15) is 0 Å². The van der Waals surface area contributed by atoms with Crippen LogP contribution in [0.3, 0.4) is 0 Å². The van der Waals surface area contributed by atoms with Gasteiger partial charge in [0.15, 0.2) is 5.78 Å². The summed E-state index contributed by atoms with van der Waals surface area (Å²) in [5.74, 6) is 1.13. The van der Waals surface area contributed by atoms with E-state index < -0.39 is 0 Å². The molecule has 1 aromatic heterocycles. The van der Waals surface area contributed by atoms with Gasteiger partial charge in [0.05, 0.1) is 24.5 Å². The van der Waals surface area contributed by atoms with E-state index in [2.05, 4.69) is 52.0 Å². The number of Topliss-reactive ketones (excluding diaryl/α,β-unsaturated/α-hetero) is 1. The summed E-state index contributed by atoms with van der Waals surface area (Å²) in [6.45, 7) is 0. The largest absolute Gasteiger partial charge is 0.497 e. The van der Waals surface area contributed by atoms with Gasteiger partial charge >= 0.3 is 0 Å². The Morgan fingerprint density at radius 3 is 2.45 bits per heavy atom. The molecule has 0 bridgehead atoms. The molecule has 1 aliphatic heterocycles. The number of hydrogen-bond donors (Lipinski definition) is 3. The minimum Gasteiger partial charge on any atom is -0.497 e. The number of anilines is 2. The summed E-state index contributed by atoms with van der Waals surface area (Å²) in [6, 6.07) is 24.3. The molecule has 6 rings (SSSR count). The topological polar surface area (TPSA) is 66.2 Å². The zero-order chi connectivity index (χ0) is 22.4. The fourth-order valence-electron chi connectivity index (χ4n) is 5.17. The van der Waals surface area contributed by atoms with Gasteiger partial charge in [0.1, 0.15) is 5.75 Å². The Morgan fingerprint density at radius 1 is 0.879 bits per heavy atom. The van der Waals surface area contributed by atoms with Crippen LogP contribution >= 0.6 is 0 Å². The van der Waals surface area contributed by atoms with E-state index in [0.29, 0.717) is 6.42 Å². The Hall–Kier alpha value is -3.99. The molecule has 0 saturated carbocycles. The van der Waals surface area contributed by atoms with Crippen molar-refractivity contribution in [1.29, 1.82) is 0 Å². The van der Waals surface area contributed by atoms with E-state index >= 15 is 0 Å². The van der Waals surface area contributed by atoms with Crippen LogP contribution in [0.15, 0.2) is 90.3 Å². The lowest BCUT2D eigenvalue weighted by Crippen LogP contribution is -2.26. The molecule has 2 heterocycles. The minimum atomic E-state index is -0.225. The maximum absolute atomic E-state index is 13.7. The first-order valence-electron chi connectivity index (χ1n) is 11.3. The third-order valence-corrected chi connectivity index (χ3v) is 6.83. The number of methoxy groups -OCH3 is 1. The number of hydrogen-bond acceptors (Lipinski definition) is 4. The van der Waals surface area contributed by atoms with Gasteiger partial charge in [-0.05, 0) is 48.2 Å². The summed E-state index contributed by atoms with van der Waals surface area (Å²) in [5, 5.41) is 8.42. The van der Waals surface area contributed by atoms with Crippen molar-refractivity contribution < 1.29 is 9.53 Å². The number of carbonyl (C=O) groups excluding carboxylic acids is 1. The smallest absolute Gasteiger partial charge is 0.163 e. The number of para-hydroxylation sites is 3. The SMILES string of the molecule is COc1ccc([C@@H]2CC(=O)C3=C(C2)Nc2ccccc2N[C@@H]3c2c[nH]c3ccccc23)cc1. The number of benzene rings is 3. The highest BCUT2D eigenvalue weighted by Gasteiger charge is 2.36. The van der Waals surface area contributed by atoms with E-state index in [1.807, 2.05) is 42.6 Å². The third kappa shape index (κ3) is 3.37. The van der Waals surface area contributed by atoms with Crippen molar-refractivity contribution in [3.8, 4) is 5.75 Å². The Morgan fingerprint density at radius 2 is 1.64 bits per heavy atom. The number of aromatic amines is 1. The van der Waals surface area contributed by atoms with E-state index in [-0.39, 0.29) is 17.7 Å². The number of H-pyrrole nitrogens is 1. The van der Waals surface area contributed by atoms with Crippen LogP contribution in [0, 0.1) is 0 Å². The minimum absolute atomic E-state index is 0.128. The van der Waals surface area contributed by atoms with E-state index in [1.165, 1.54) is 0 Å². The van der Waals surface area contributed by atoms with Crippen molar-refractivity contribution in [2.75, 3.05) is 17.7 Å². The van der Waals surface area contributed by atoms with E-state index in [9.17, 15) is 4.79 Å². The maximum Gasteiger partial charge on any atom is 0.163 e. The molecule has 2 atom stereocenters. The van der Waals surface area contributed by atoms with Crippen LogP contribution in [0.25, 0.3) is 10.9 Å². The molecule has 0 saturated heterocycles. The lowest BCUT2D eigenvalue weighted by atomic mass is 9.78. The van der Waals surface area contributed by atoms with Crippen LogP contribution in [0.4, 0.5) is 11.4 Å². The van der Waals surface area contributed by atoms with Crippen LogP contribution in [-0.2, 0) is 4.79 Å². The molecular formula is C28H25N3O2. The first-order valence-corrected chi connectivity index (χ1v) is 11.3. The number of ketones is 1. The Balaban J connectivity index is 1.47. The van der Waals surface area contributed by atoms with E-state index in [1.54, 1.807) is 7.11 Å². The zero-order valence-electron chi connectivity index (χ0n) is 18.4. The van der Waals surface area contributed by atoms with Crippen LogP contribution < -0.4 is 15.4 Å². The van der Waals surface area contributed by atoms with Crippen molar-refractivity contribution >= 4 is 28.1 Å². The molecular weight excluding hydrogens is 410 g/mol. The van der Waals surface area contributed by atoms with Crippen LogP contribution in [0.1, 0.15) is 35.9 Å². The van der Waals surface area contributed by atoms with E-state index in [0.717, 1.165) is 56.8 Å². The third-order valence-electron chi connectivity index (χ3n) is 6.83. The number of aromatic nitrogens is 1. The number of fused-ring (bicyclic) bond motifs is 2. The summed E-state index contributed by atoms with van der Waals surface area (Å²) in [4.78, 5) is 17.1. The lowest BCUT2D eigenvalue weighted by Gasteiger charge is -2.29. The molecule has 5 nitrogen and oxygen atoms in total. The summed E-state index contributed by atoms with van der Waals surface area (Å²) < 4.78 is 5.31. The maximum atomic E-state index is 13.7. The Labute approximate surface area is 192 Å². The van der Waals surface area contributed by atoms with Crippen molar-refractivity contribution in [2.45, 2.75) is 24.8 Å². The molecule has 0 spiro atoms. The summed E-state index contributed by atoms with van der Waals surface area (Å²) in [7, 11) is 1.67. The van der Waals surface area contributed by atoms with Crippen molar-refractivity contribution in [3.63, 3.8) is 0 Å². The Kier molecular flexibility index (Phi) is 4.68. The average molecular weight is 436 g/mol. The van der Waals surface area contributed by atoms with Crippen molar-refractivity contribution in [3.05, 3.63) is 101 Å². The predicted molar refractivity (Wildman–Crippen MR) is 132 cm³/mol. The average Bonchev–Trinajstić information content (AvgIpc) is 3.20. The second-order valence-corrected chi connectivity index (χ2v) is 8.73.